The molecule has 0 heterocycles. The second kappa shape index (κ2) is 8.60. The van der Waals surface area contributed by atoms with E-state index in [1.54, 1.807) is 19.1 Å². The van der Waals surface area contributed by atoms with Crippen molar-refractivity contribution in [3.63, 3.8) is 0 Å². The number of hydrogen-bond donors (Lipinski definition) is 1. The van der Waals surface area contributed by atoms with Crippen molar-refractivity contribution in [2.45, 2.75) is 18.4 Å². The Bertz CT molecular complexity index is 940. The largest absolute Gasteiger partial charge is 0.495 e. The van der Waals surface area contributed by atoms with E-state index in [0.717, 1.165) is 12.1 Å². The molecule has 0 saturated heterocycles. The summed E-state index contributed by atoms with van der Waals surface area (Å²) in [4.78, 5) is 21.5. The lowest BCUT2D eigenvalue weighted by Gasteiger charge is -2.11. The maximum Gasteiger partial charge on any atom is 0.338 e. The van der Waals surface area contributed by atoms with Gasteiger partial charge in [0.25, 0.3) is 5.69 Å². The second-order valence-electron chi connectivity index (χ2n) is 5.33. The molecule has 0 aliphatic carbocycles. The molecule has 144 valence electrons. The highest BCUT2D eigenvalue weighted by molar-refractivity contribution is 7.89. The second-order valence-corrected chi connectivity index (χ2v) is 7.07. The molecule has 0 atom stereocenters. The smallest absolute Gasteiger partial charge is 0.338 e. The van der Waals surface area contributed by atoms with E-state index in [4.69, 9.17) is 9.47 Å². The highest BCUT2D eigenvalue weighted by atomic mass is 32.2. The number of rotatable bonds is 8. The van der Waals surface area contributed by atoms with Gasteiger partial charge in [0.15, 0.2) is 0 Å². The van der Waals surface area contributed by atoms with Crippen LogP contribution in [0.2, 0.25) is 0 Å². The Kier molecular flexibility index (Phi) is 6.48. The number of carbonyl (C=O) groups excluding carboxylic acids is 1. The van der Waals surface area contributed by atoms with Crippen LogP contribution in [0.3, 0.4) is 0 Å². The summed E-state index contributed by atoms with van der Waals surface area (Å²) >= 11 is 0. The fourth-order valence-electron chi connectivity index (χ4n) is 2.22. The number of nitro benzene ring substituents is 1. The van der Waals surface area contributed by atoms with Crippen molar-refractivity contribution in [3.8, 4) is 5.75 Å². The number of non-ortho nitro benzene ring substituents is 1. The predicted molar refractivity (Wildman–Crippen MR) is 96.1 cm³/mol. The molecular formula is C17H18N2O7S. The van der Waals surface area contributed by atoms with Gasteiger partial charge in [0.05, 0.1) is 24.2 Å². The highest BCUT2D eigenvalue weighted by Crippen LogP contribution is 2.28. The van der Waals surface area contributed by atoms with Crippen molar-refractivity contribution < 1.29 is 27.6 Å². The third-order valence-corrected chi connectivity index (χ3v) is 5.00. The van der Waals surface area contributed by atoms with Gasteiger partial charge in [-0.25, -0.2) is 17.9 Å². The van der Waals surface area contributed by atoms with Gasteiger partial charge in [0.1, 0.15) is 10.6 Å². The molecule has 2 rings (SSSR count). The minimum Gasteiger partial charge on any atom is -0.495 e. The molecular weight excluding hydrogens is 376 g/mol. The van der Waals surface area contributed by atoms with Gasteiger partial charge in [-0.3, -0.25) is 10.1 Å². The van der Waals surface area contributed by atoms with E-state index in [2.05, 4.69) is 4.72 Å². The van der Waals surface area contributed by atoms with E-state index in [0.29, 0.717) is 11.1 Å². The van der Waals surface area contributed by atoms with Gasteiger partial charge in [-0.2, -0.15) is 0 Å². The lowest BCUT2D eigenvalue weighted by Crippen LogP contribution is -2.24. The third-order valence-electron chi connectivity index (χ3n) is 3.58. The first-order valence-electron chi connectivity index (χ1n) is 7.86. The molecule has 0 aliphatic rings. The van der Waals surface area contributed by atoms with Crippen molar-refractivity contribution in [1.29, 1.82) is 0 Å². The number of nitrogens with one attached hydrogen (secondary N) is 1. The predicted octanol–water partition coefficient (Wildman–Crippen LogP) is 2.26. The normalized spacial score (nSPS) is 11.0. The summed E-state index contributed by atoms with van der Waals surface area (Å²) in [5, 5.41) is 10.9. The van der Waals surface area contributed by atoms with Crippen molar-refractivity contribution >= 4 is 21.7 Å². The molecule has 2 aromatic rings. The quantitative estimate of drug-likeness (QED) is 0.413. The summed E-state index contributed by atoms with van der Waals surface area (Å²) in [6, 6.07) is 9.53. The fraction of sp³-hybridized carbons (Fsp3) is 0.235. The van der Waals surface area contributed by atoms with Crippen molar-refractivity contribution in [2.24, 2.45) is 0 Å². The molecule has 0 aliphatic heterocycles. The van der Waals surface area contributed by atoms with Gasteiger partial charge in [0, 0.05) is 18.7 Å². The van der Waals surface area contributed by atoms with Crippen LogP contribution in [0, 0.1) is 10.1 Å². The van der Waals surface area contributed by atoms with Crippen LogP contribution in [0.25, 0.3) is 0 Å². The van der Waals surface area contributed by atoms with E-state index in [1.807, 2.05) is 0 Å². The Labute approximate surface area is 156 Å². The topological polar surface area (TPSA) is 125 Å². The SMILES string of the molecule is CCOC(=O)c1ccc(CNS(=O)(=O)c2cc([N+](=O)[O-])ccc2OC)cc1. The first-order chi connectivity index (χ1) is 12.8. The molecule has 2 aromatic carbocycles. The first-order valence-corrected chi connectivity index (χ1v) is 9.35. The van der Waals surface area contributed by atoms with Crippen LogP contribution in [-0.2, 0) is 21.3 Å². The summed E-state index contributed by atoms with van der Waals surface area (Å²) in [6.45, 7) is 1.88. The van der Waals surface area contributed by atoms with E-state index in [9.17, 15) is 23.3 Å². The Morgan fingerprint density at radius 1 is 1.19 bits per heavy atom. The van der Waals surface area contributed by atoms with Gasteiger partial charge < -0.3 is 9.47 Å². The Hall–Kier alpha value is -2.98. The molecule has 0 unspecified atom stereocenters. The van der Waals surface area contributed by atoms with Crippen LogP contribution in [0.15, 0.2) is 47.4 Å². The molecule has 0 amide bonds. The van der Waals surface area contributed by atoms with E-state index in [1.165, 1.54) is 25.3 Å². The number of ether oxygens (including phenoxy) is 2. The van der Waals surface area contributed by atoms with Crippen LogP contribution < -0.4 is 9.46 Å². The lowest BCUT2D eigenvalue weighted by molar-refractivity contribution is -0.385. The van der Waals surface area contributed by atoms with Crippen LogP contribution in [0.5, 0.6) is 5.75 Å². The number of esters is 1. The molecule has 0 radical (unpaired) electrons. The van der Waals surface area contributed by atoms with Gasteiger partial charge in [-0.15, -0.1) is 0 Å². The molecule has 10 heteroatoms. The summed E-state index contributed by atoms with van der Waals surface area (Å²) < 4.78 is 37.3. The van der Waals surface area contributed by atoms with Crippen molar-refractivity contribution in [2.75, 3.05) is 13.7 Å². The molecule has 0 aromatic heterocycles. The van der Waals surface area contributed by atoms with E-state index < -0.39 is 20.9 Å². The van der Waals surface area contributed by atoms with Crippen molar-refractivity contribution in [1.82, 2.24) is 4.72 Å². The maximum absolute atomic E-state index is 12.5. The molecule has 0 spiro atoms. The van der Waals surface area contributed by atoms with E-state index in [-0.39, 0.29) is 29.5 Å². The number of carbonyl (C=O) groups is 1. The molecule has 0 fully saturated rings. The highest BCUT2D eigenvalue weighted by Gasteiger charge is 2.23. The Balaban J connectivity index is 2.18. The lowest BCUT2D eigenvalue weighted by atomic mass is 10.1. The monoisotopic (exact) mass is 394 g/mol. The molecule has 9 nitrogen and oxygen atoms in total. The van der Waals surface area contributed by atoms with Gasteiger partial charge >= 0.3 is 5.97 Å². The summed E-state index contributed by atoms with van der Waals surface area (Å²) in [5.74, 6) is -0.475. The third kappa shape index (κ3) is 5.02. The molecule has 0 bridgehead atoms. The number of nitro groups is 1. The van der Waals surface area contributed by atoms with Crippen LogP contribution >= 0.6 is 0 Å². The number of benzene rings is 2. The number of sulfonamides is 1. The van der Waals surface area contributed by atoms with E-state index >= 15 is 0 Å². The van der Waals surface area contributed by atoms with Crippen LogP contribution in [0.1, 0.15) is 22.8 Å². The summed E-state index contributed by atoms with van der Waals surface area (Å²) in [7, 11) is -2.79. The zero-order valence-corrected chi connectivity index (χ0v) is 15.5. The Morgan fingerprint density at radius 2 is 1.85 bits per heavy atom. The van der Waals surface area contributed by atoms with Crippen molar-refractivity contribution in [3.05, 3.63) is 63.7 Å². The van der Waals surface area contributed by atoms with Gasteiger partial charge in [0.2, 0.25) is 10.0 Å². The Morgan fingerprint density at radius 3 is 2.41 bits per heavy atom. The minimum absolute atomic E-state index is 0.00856. The zero-order chi connectivity index (χ0) is 20.0. The minimum atomic E-state index is -4.06. The number of hydrogen-bond acceptors (Lipinski definition) is 7. The zero-order valence-electron chi connectivity index (χ0n) is 14.7. The number of nitrogens with zero attached hydrogens (tertiary/aromatic N) is 1. The van der Waals surface area contributed by atoms with Crippen LogP contribution in [-0.4, -0.2) is 33.0 Å². The molecule has 27 heavy (non-hydrogen) atoms. The number of methoxy groups -OCH3 is 1. The first kappa shape index (κ1) is 20.3. The van der Waals surface area contributed by atoms with Gasteiger partial charge in [-0.05, 0) is 30.7 Å². The van der Waals surface area contributed by atoms with Gasteiger partial charge in [-0.1, -0.05) is 12.1 Å². The average Bonchev–Trinajstić information content (AvgIpc) is 2.66. The maximum atomic E-state index is 12.5. The summed E-state index contributed by atoms with van der Waals surface area (Å²) in [6.07, 6.45) is 0. The fourth-order valence-corrected chi connectivity index (χ4v) is 3.42. The summed E-state index contributed by atoms with van der Waals surface area (Å²) in [5.41, 5.74) is 0.579. The van der Waals surface area contributed by atoms with Crippen LogP contribution in [0.4, 0.5) is 5.69 Å². The molecule has 1 N–H and O–H groups in total. The standard InChI is InChI=1S/C17H18N2O7S/c1-3-26-17(20)13-6-4-12(5-7-13)11-18-27(23,24)16-10-14(19(21)22)8-9-15(16)25-2/h4-10,18H,3,11H2,1-2H3. The average molecular weight is 394 g/mol. The molecule has 0 saturated carbocycles.